The van der Waals surface area contributed by atoms with E-state index < -0.39 is 0 Å². The van der Waals surface area contributed by atoms with Crippen molar-refractivity contribution < 1.29 is 14.3 Å². The average molecular weight is 485 g/mol. The summed E-state index contributed by atoms with van der Waals surface area (Å²) in [5.41, 5.74) is 4.62. The molecular formula is C27H28N6O3. The zero-order valence-electron chi connectivity index (χ0n) is 20.1. The van der Waals surface area contributed by atoms with Gasteiger partial charge in [0.05, 0.1) is 25.0 Å². The van der Waals surface area contributed by atoms with Crippen molar-refractivity contribution in [3.05, 3.63) is 78.4 Å². The van der Waals surface area contributed by atoms with Crippen LogP contribution in [0.4, 0.5) is 23.1 Å². The summed E-state index contributed by atoms with van der Waals surface area (Å²) in [5.74, 6) is 2.04. The van der Waals surface area contributed by atoms with E-state index in [0.717, 1.165) is 40.6 Å². The molecule has 0 fully saturated rings. The van der Waals surface area contributed by atoms with E-state index in [1.165, 1.54) is 6.39 Å². The van der Waals surface area contributed by atoms with Gasteiger partial charge >= 0.3 is 0 Å². The predicted octanol–water partition coefficient (Wildman–Crippen LogP) is 3.95. The maximum Gasteiger partial charge on any atom is 0.229 e. The fraction of sp³-hybridized carbons (Fsp3) is 0.259. The summed E-state index contributed by atoms with van der Waals surface area (Å²) in [6.45, 7) is 3.67. The molecule has 0 radical (unpaired) electrons. The summed E-state index contributed by atoms with van der Waals surface area (Å²) in [5, 5.41) is 13.2. The third kappa shape index (κ3) is 5.27. The Labute approximate surface area is 209 Å². The second-order valence-electron chi connectivity index (χ2n) is 8.74. The van der Waals surface area contributed by atoms with Crippen LogP contribution in [0.15, 0.2) is 71.6 Å². The molecule has 3 heterocycles. The number of hydrogen-bond donors (Lipinski definition) is 2. The first kappa shape index (κ1) is 23.7. The maximum atomic E-state index is 11.8. The van der Waals surface area contributed by atoms with Crippen LogP contribution in [0.2, 0.25) is 0 Å². The Balaban J connectivity index is 1.51. The molecule has 9 nitrogen and oxygen atoms in total. The lowest BCUT2D eigenvalue weighted by atomic mass is 10.0. The second kappa shape index (κ2) is 10.7. The summed E-state index contributed by atoms with van der Waals surface area (Å²) < 4.78 is 5.37. The molecule has 2 aromatic carbocycles. The maximum absolute atomic E-state index is 11.8. The lowest BCUT2D eigenvalue weighted by Gasteiger charge is -2.32. The summed E-state index contributed by atoms with van der Waals surface area (Å²) >= 11 is 0. The first-order valence-corrected chi connectivity index (χ1v) is 11.9. The van der Waals surface area contributed by atoms with E-state index in [0.29, 0.717) is 37.8 Å². The molecule has 0 spiro atoms. The number of Topliss-reactive ketones (excluding diaryl/α,β-unsaturated/α-hetero) is 1. The topological polar surface area (TPSA) is 108 Å². The summed E-state index contributed by atoms with van der Waals surface area (Å²) in [7, 11) is 0. The number of fused-ring (bicyclic) bond motifs is 1. The lowest BCUT2D eigenvalue weighted by Crippen LogP contribution is -2.36. The molecule has 0 bridgehead atoms. The van der Waals surface area contributed by atoms with Crippen molar-refractivity contribution in [1.82, 2.24) is 19.9 Å². The van der Waals surface area contributed by atoms with Crippen molar-refractivity contribution in [2.75, 3.05) is 36.5 Å². The smallest absolute Gasteiger partial charge is 0.229 e. The van der Waals surface area contributed by atoms with Gasteiger partial charge in [-0.3, -0.25) is 9.69 Å². The van der Waals surface area contributed by atoms with Gasteiger partial charge in [0.2, 0.25) is 5.95 Å². The molecule has 36 heavy (non-hydrogen) atoms. The number of hydrogen-bond acceptors (Lipinski definition) is 9. The molecule has 0 saturated heterocycles. The zero-order chi connectivity index (χ0) is 24.9. The standard InChI is InChI=1S/C27H28N6O3/c1-19(35)16-32-12-11-24-23(17-32)26(33(13-14-34)22-5-3-2-4-6-22)31-27(30-24)29-21-9-7-20(8-10-21)25-15-28-18-36-25/h2-10,15,18,34H,11-14,16-17H2,1H3,(H,29,30,31). The number of anilines is 4. The molecule has 0 unspecified atom stereocenters. The minimum absolute atomic E-state index is 0.0311. The fourth-order valence-corrected chi connectivity index (χ4v) is 4.45. The first-order chi connectivity index (χ1) is 17.6. The van der Waals surface area contributed by atoms with E-state index in [1.807, 2.05) is 59.5 Å². The summed E-state index contributed by atoms with van der Waals surface area (Å²) in [4.78, 5) is 29.6. The lowest BCUT2D eigenvalue weighted by molar-refractivity contribution is -0.118. The van der Waals surface area contributed by atoms with Crippen LogP contribution in [0.25, 0.3) is 11.3 Å². The number of nitrogens with zero attached hydrogens (tertiary/aromatic N) is 5. The monoisotopic (exact) mass is 484 g/mol. The molecule has 5 rings (SSSR count). The van der Waals surface area contributed by atoms with E-state index in [-0.39, 0.29) is 12.4 Å². The van der Waals surface area contributed by atoms with Crippen molar-refractivity contribution in [3.63, 3.8) is 0 Å². The van der Waals surface area contributed by atoms with Gasteiger partial charge in [0, 0.05) is 48.6 Å². The van der Waals surface area contributed by atoms with Crippen LogP contribution in [0.5, 0.6) is 0 Å². The molecule has 184 valence electrons. The number of ketones is 1. The van der Waals surface area contributed by atoms with Crippen LogP contribution in [-0.4, -0.2) is 57.0 Å². The Bertz CT molecular complexity index is 1310. The number of nitrogens with one attached hydrogen (secondary N) is 1. The average Bonchev–Trinajstić information content (AvgIpc) is 3.43. The van der Waals surface area contributed by atoms with E-state index in [9.17, 15) is 9.90 Å². The molecule has 9 heteroatoms. The minimum Gasteiger partial charge on any atom is -0.444 e. The van der Waals surface area contributed by atoms with Crippen LogP contribution in [0.3, 0.4) is 0 Å². The molecule has 4 aromatic rings. The number of aliphatic hydroxyl groups is 1. The highest BCUT2D eigenvalue weighted by molar-refractivity contribution is 5.77. The van der Waals surface area contributed by atoms with Gasteiger partial charge in [-0.05, 0) is 43.3 Å². The van der Waals surface area contributed by atoms with Crippen molar-refractivity contribution in [2.45, 2.75) is 19.9 Å². The third-order valence-electron chi connectivity index (χ3n) is 6.07. The van der Waals surface area contributed by atoms with Crippen molar-refractivity contribution in [3.8, 4) is 11.3 Å². The molecule has 2 aromatic heterocycles. The van der Waals surface area contributed by atoms with Gasteiger partial charge in [0.25, 0.3) is 0 Å². The van der Waals surface area contributed by atoms with Crippen molar-refractivity contribution in [1.29, 1.82) is 0 Å². The highest BCUT2D eigenvalue weighted by Crippen LogP contribution is 2.33. The number of benzene rings is 2. The number of aromatic nitrogens is 3. The molecule has 1 aliphatic heterocycles. The summed E-state index contributed by atoms with van der Waals surface area (Å²) in [6.07, 6.45) is 3.79. The van der Waals surface area contributed by atoms with Gasteiger partial charge in [-0.1, -0.05) is 18.2 Å². The molecule has 2 N–H and O–H groups in total. The molecule has 0 amide bonds. The van der Waals surface area contributed by atoms with Gasteiger partial charge in [-0.15, -0.1) is 0 Å². The van der Waals surface area contributed by atoms with Crippen LogP contribution in [0, 0.1) is 0 Å². The van der Waals surface area contributed by atoms with E-state index in [2.05, 4.69) is 15.2 Å². The predicted molar refractivity (Wildman–Crippen MR) is 137 cm³/mol. The van der Waals surface area contributed by atoms with Crippen molar-refractivity contribution in [2.24, 2.45) is 0 Å². The molecule has 0 atom stereocenters. The second-order valence-corrected chi connectivity index (χ2v) is 8.74. The van der Waals surface area contributed by atoms with E-state index >= 15 is 0 Å². The molecule has 0 aliphatic carbocycles. The van der Waals surface area contributed by atoms with Crippen LogP contribution < -0.4 is 10.2 Å². The Morgan fingerprint density at radius 2 is 1.94 bits per heavy atom. The Morgan fingerprint density at radius 3 is 2.64 bits per heavy atom. The number of carbonyl (C=O) groups excluding carboxylic acids is 1. The van der Waals surface area contributed by atoms with Gasteiger partial charge in [-0.2, -0.15) is 4.98 Å². The number of carbonyl (C=O) groups is 1. The van der Waals surface area contributed by atoms with Gasteiger partial charge < -0.3 is 19.7 Å². The van der Waals surface area contributed by atoms with E-state index in [1.54, 1.807) is 13.1 Å². The Hall–Kier alpha value is -4.08. The van der Waals surface area contributed by atoms with Gasteiger partial charge in [0.1, 0.15) is 11.6 Å². The molecule has 1 aliphatic rings. The van der Waals surface area contributed by atoms with Gasteiger partial charge in [-0.25, -0.2) is 9.97 Å². The molecule has 0 saturated carbocycles. The quantitative estimate of drug-likeness (QED) is 0.365. The normalized spacial score (nSPS) is 13.3. The Kier molecular flexibility index (Phi) is 7.01. The number of para-hydroxylation sites is 1. The number of aliphatic hydroxyl groups excluding tert-OH is 1. The number of rotatable bonds is 9. The van der Waals surface area contributed by atoms with Crippen LogP contribution >= 0.6 is 0 Å². The van der Waals surface area contributed by atoms with Crippen LogP contribution in [0.1, 0.15) is 18.2 Å². The fourth-order valence-electron chi connectivity index (χ4n) is 4.45. The summed E-state index contributed by atoms with van der Waals surface area (Å²) in [6, 6.07) is 17.7. The Morgan fingerprint density at radius 1 is 1.14 bits per heavy atom. The third-order valence-corrected chi connectivity index (χ3v) is 6.07. The minimum atomic E-state index is -0.0311. The largest absolute Gasteiger partial charge is 0.444 e. The van der Waals surface area contributed by atoms with Crippen LogP contribution in [-0.2, 0) is 17.8 Å². The highest BCUT2D eigenvalue weighted by atomic mass is 16.3. The van der Waals surface area contributed by atoms with Crippen molar-refractivity contribution >= 4 is 28.9 Å². The number of oxazole rings is 1. The zero-order valence-corrected chi connectivity index (χ0v) is 20.1. The SMILES string of the molecule is CC(=O)CN1CCc2nc(Nc3ccc(-c4cnco4)cc3)nc(N(CCO)c3ccccc3)c2C1. The van der Waals surface area contributed by atoms with Gasteiger partial charge in [0.15, 0.2) is 12.2 Å². The highest BCUT2D eigenvalue weighted by Gasteiger charge is 2.26. The van der Waals surface area contributed by atoms with E-state index in [4.69, 9.17) is 14.4 Å². The molecular weight excluding hydrogens is 456 g/mol. The first-order valence-electron chi connectivity index (χ1n) is 11.9.